The van der Waals surface area contributed by atoms with Gasteiger partial charge in [-0.3, -0.25) is 4.79 Å². The molecule has 1 heterocycles. The summed E-state index contributed by atoms with van der Waals surface area (Å²) in [6.45, 7) is 4.50. The van der Waals surface area contributed by atoms with E-state index in [0.717, 1.165) is 24.2 Å². The number of esters is 1. The molecule has 1 aromatic rings. The van der Waals surface area contributed by atoms with Crippen molar-refractivity contribution in [1.82, 2.24) is 15.2 Å². The smallest absolute Gasteiger partial charge is 0.307 e. The van der Waals surface area contributed by atoms with E-state index in [1.807, 2.05) is 13.8 Å². The molecule has 1 rings (SSSR count). The molecule has 0 aliphatic heterocycles. The SMILES string of the molecule is CCc1nnc(NCCC(=O)OC)nc1CC. The average Bonchev–Trinajstić information content (AvgIpc) is 2.38. The second-order valence-electron chi connectivity index (χ2n) is 3.49. The first-order valence-corrected chi connectivity index (χ1v) is 5.74. The van der Waals surface area contributed by atoms with Gasteiger partial charge in [0.1, 0.15) is 0 Å². The van der Waals surface area contributed by atoms with Crippen LogP contribution in [0.4, 0.5) is 5.95 Å². The quantitative estimate of drug-likeness (QED) is 0.744. The first kappa shape index (κ1) is 13.3. The highest BCUT2D eigenvalue weighted by Crippen LogP contribution is 2.06. The molecule has 0 atom stereocenters. The highest BCUT2D eigenvalue weighted by atomic mass is 16.5. The van der Waals surface area contributed by atoms with Crippen molar-refractivity contribution in [2.45, 2.75) is 33.1 Å². The molecule has 1 N–H and O–H groups in total. The van der Waals surface area contributed by atoms with Crippen molar-refractivity contribution in [3.05, 3.63) is 11.4 Å². The lowest BCUT2D eigenvalue weighted by Crippen LogP contribution is -2.13. The maximum atomic E-state index is 10.9. The van der Waals surface area contributed by atoms with Crippen LogP contribution in [0.3, 0.4) is 0 Å². The van der Waals surface area contributed by atoms with Crippen LogP contribution >= 0.6 is 0 Å². The van der Waals surface area contributed by atoms with E-state index in [9.17, 15) is 4.79 Å². The Morgan fingerprint density at radius 1 is 1.24 bits per heavy atom. The summed E-state index contributed by atoms with van der Waals surface area (Å²) in [5.74, 6) is 0.203. The molecule has 0 aliphatic rings. The zero-order valence-electron chi connectivity index (χ0n) is 10.5. The van der Waals surface area contributed by atoms with E-state index in [-0.39, 0.29) is 12.4 Å². The van der Waals surface area contributed by atoms with E-state index >= 15 is 0 Å². The largest absolute Gasteiger partial charge is 0.469 e. The topological polar surface area (TPSA) is 77.0 Å². The monoisotopic (exact) mass is 238 g/mol. The molecule has 0 spiro atoms. The average molecular weight is 238 g/mol. The number of anilines is 1. The third-order valence-corrected chi connectivity index (χ3v) is 2.35. The van der Waals surface area contributed by atoms with Gasteiger partial charge in [-0.1, -0.05) is 13.8 Å². The Bertz CT molecular complexity index is 382. The van der Waals surface area contributed by atoms with Crippen LogP contribution in [-0.2, 0) is 22.4 Å². The predicted molar refractivity (Wildman–Crippen MR) is 63.7 cm³/mol. The van der Waals surface area contributed by atoms with Crippen LogP contribution in [0.1, 0.15) is 31.7 Å². The number of methoxy groups -OCH3 is 1. The van der Waals surface area contributed by atoms with Gasteiger partial charge in [0.15, 0.2) is 0 Å². The Hall–Kier alpha value is -1.72. The molecule has 0 radical (unpaired) electrons. The van der Waals surface area contributed by atoms with Gasteiger partial charge in [-0.15, -0.1) is 5.10 Å². The Balaban J connectivity index is 2.57. The Kier molecular flexibility index (Phi) is 5.32. The van der Waals surface area contributed by atoms with E-state index in [1.54, 1.807) is 0 Å². The zero-order chi connectivity index (χ0) is 12.7. The summed E-state index contributed by atoms with van der Waals surface area (Å²) in [6.07, 6.45) is 1.94. The van der Waals surface area contributed by atoms with Gasteiger partial charge in [0, 0.05) is 6.54 Å². The summed E-state index contributed by atoms with van der Waals surface area (Å²) in [6, 6.07) is 0. The second kappa shape index (κ2) is 6.78. The number of carbonyl (C=O) groups excluding carboxylic acids is 1. The van der Waals surface area contributed by atoms with E-state index in [2.05, 4.69) is 25.2 Å². The second-order valence-corrected chi connectivity index (χ2v) is 3.49. The first-order chi connectivity index (χ1) is 8.21. The molecular formula is C11H18N4O2. The van der Waals surface area contributed by atoms with Gasteiger partial charge in [0.25, 0.3) is 0 Å². The summed E-state index contributed by atoms with van der Waals surface area (Å²) < 4.78 is 4.53. The fourth-order valence-corrected chi connectivity index (χ4v) is 1.39. The molecule has 1 aromatic heterocycles. The number of rotatable bonds is 6. The highest BCUT2D eigenvalue weighted by Gasteiger charge is 2.06. The van der Waals surface area contributed by atoms with Gasteiger partial charge in [-0.25, -0.2) is 4.98 Å². The maximum absolute atomic E-state index is 10.9. The normalized spacial score (nSPS) is 10.1. The van der Waals surface area contributed by atoms with Crippen LogP contribution in [0.15, 0.2) is 0 Å². The van der Waals surface area contributed by atoms with Gasteiger partial charge in [-0.05, 0) is 12.8 Å². The lowest BCUT2D eigenvalue weighted by molar-refractivity contribution is -0.140. The van der Waals surface area contributed by atoms with Crippen molar-refractivity contribution in [3.8, 4) is 0 Å². The zero-order valence-corrected chi connectivity index (χ0v) is 10.5. The number of ether oxygens (including phenoxy) is 1. The minimum Gasteiger partial charge on any atom is -0.469 e. The molecule has 0 fully saturated rings. The van der Waals surface area contributed by atoms with Gasteiger partial charge >= 0.3 is 5.97 Å². The fourth-order valence-electron chi connectivity index (χ4n) is 1.39. The molecule has 6 nitrogen and oxygen atoms in total. The Morgan fingerprint density at radius 3 is 2.53 bits per heavy atom. The molecule has 6 heteroatoms. The van der Waals surface area contributed by atoms with Crippen LogP contribution in [0.2, 0.25) is 0 Å². The molecule has 0 bridgehead atoms. The summed E-state index contributed by atoms with van der Waals surface area (Å²) in [4.78, 5) is 15.3. The molecule has 0 aromatic carbocycles. The van der Waals surface area contributed by atoms with E-state index < -0.39 is 0 Å². The number of aromatic nitrogens is 3. The van der Waals surface area contributed by atoms with Crippen LogP contribution in [0.25, 0.3) is 0 Å². The number of hydrogen-bond donors (Lipinski definition) is 1. The van der Waals surface area contributed by atoms with Crippen molar-refractivity contribution in [2.75, 3.05) is 19.0 Å². The lowest BCUT2D eigenvalue weighted by atomic mass is 10.2. The molecular weight excluding hydrogens is 220 g/mol. The number of nitrogens with zero attached hydrogens (tertiary/aromatic N) is 3. The van der Waals surface area contributed by atoms with Crippen LogP contribution in [0.5, 0.6) is 0 Å². The van der Waals surface area contributed by atoms with Gasteiger partial charge < -0.3 is 10.1 Å². The van der Waals surface area contributed by atoms with E-state index in [0.29, 0.717) is 12.5 Å². The summed E-state index contributed by atoms with van der Waals surface area (Å²) in [5, 5.41) is 11.0. The van der Waals surface area contributed by atoms with E-state index in [4.69, 9.17) is 0 Å². The Labute approximate surface area is 101 Å². The van der Waals surface area contributed by atoms with Crippen molar-refractivity contribution in [2.24, 2.45) is 0 Å². The number of carbonyl (C=O) groups is 1. The van der Waals surface area contributed by atoms with Crippen molar-refractivity contribution in [1.29, 1.82) is 0 Å². The molecule has 0 amide bonds. The van der Waals surface area contributed by atoms with Gasteiger partial charge in [0.05, 0.1) is 24.9 Å². The third kappa shape index (κ3) is 3.97. The number of aryl methyl sites for hydroxylation is 2. The third-order valence-electron chi connectivity index (χ3n) is 2.35. The molecule has 17 heavy (non-hydrogen) atoms. The van der Waals surface area contributed by atoms with Gasteiger partial charge in [-0.2, -0.15) is 5.10 Å². The minimum atomic E-state index is -0.258. The lowest BCUT2D eigenvalue weighted by Gasteiger charge is -2.07. The fraction of sp³-hybridized carbons (Fsp3) is 0.636. The first-order valence-electron chi connectivity index (χ1n) is 5.74. The molecule has 0 aliphatic carbocycles. The minimum absolute atomic E-state index is 0.258. The summed E-state index contributed by atoms with van der Waals surface area (Å²) >= 11 is 0. The molecule has 94 valence electrons. The van der Waals surface area contributed by atoms with Crippen molar-refractivity contribution in [3.63, 3.8) is 0 Å². The summed E-state index contributed by atoms with van der Waals surface area (Å²) in [7, 11) is 1.37. The van der Waals surface area contributed by atoms with E-state index in [1.165, 1.54) is 7.11 Å². The van der Waals surface area contributed by atoms with Crippen molar-refractivity contribution < 1.29 is 9.53 Å². The van der Waals surface area contributed by atoms with Crippen LogP contribution < -0.4 is 5.32 Å². The molecule has 0 unspecified atom stereocenters. The van der Waals surface area contributed by atoms with Crippen LogP contribution in [0, 0.1) is 0 Å². The predicted octanol–water partition coefficient (Wildman–Crippen LogP) is 0.971. The van der Waals surface area contributed by atoms with Gasteiger partial charge in [0.2, 0.25) is 5.95 Å². The number of hydrogen-bond acceptors (Lipinski definition) is 6. The summed E-state index contributed by atoms with van der Waals surface area (Å²) in [5.41, 5.74) is 1.87. The van der Waals surface area contributed by atoms with Crippen molar-refractivity contribution >= 4 is 11.9 Å². The molecule has 0 saturated carbocycles. The number of nitrogens with one attached hydrogen (secondary N) is 1. The standard InChI is InChI=1S/C11H18N4O2/c1-4-8-9(5-2)14-15-11(13-8)12-7-6-10(16)17-3/h4-7H2,1-3H3,(H,12,13,15). The highest BCUT2D eigenvalue weighted by molar-refractivity contribution is 5.69. The molecule has 0 saturated heterocycles. The van der Waals surface area contributed by atoms with Crippen LogP contribution in [-0.4, -0.2) is 34.8 Å². The maximum Gasteiger partial charge on any atom is 0.307 e. The Morgan fingerprint density at radius 2 is 1.94 bits per heavy atom.